The maximum Gasteiger partial charge on any atom is 0.335 e. The summed E-state index contributed by atoms with van der Waals surface area (Å²) in [5.41, 5.74) is 0.225. The van der Waals surface area contributed by atoms with Gasteiger partial charge in [0.1, 0.15) is 5.82 Å². The third-order valence-corrected chi connectivity index (χ3v) is 3.03. The highest BCUT2D eigenvalue weighted by atomic mass is 32.1. The number of aromatic nitrogens is 2. The van der Waals surface area contributed by atoms with Crippen LogP contribution in [0.4, 0.5) is 5.82 Å². The van der Waals surface area contributed by atoms with Crippen LogP contribution in [-0.2, 0) is 6.54 Å². The fourth-order valence-electron chi connectivity index (χ4n) is 1.32. The molecule has 2 rings (SSSR count). The molecular weight excluding hydrogens is 238 g/mol. The van der Waals surface area contributed by atoms with E-state index in [1.807, 2.05) is 6.92 Å². The maximum absolute atomic E-state index is 10.8. The summed E-state index contributed by atoms with van der Waals surface area (Å²) in [6, 6.07) is 2.97. The molecule has 2 N–H and O–H groups in total. The number of pyridine rings is 1. The molecule has 5 nitrogen and oxygen atoms in total. The molecule has 2 aromatic rings. The van der Waals surface area contributed by atoms with Gasteiger partial charge in [-0.2, -0.15) is 0 Å². The molecule has 0 aliphatic carbocycles. The standard InChI is InChI=1S/C11H11N3O2S/c1-7-13-5-9(17-7)6-14-10-4-8(11(15)16)2-3-12-10/h2-5H,6H2,1H3,(H,12,14)(H,15,16). The number of thiazole rings is 1. The molecule has 0 unspecified atom stereocenters. The van der Waals surface area contributed by atoms with Gasteiger partial charge in [0.05, 0.1) is 17.1 Å². The number of anilines is 1. The van der Waals surface area contributed by atoms with Gasteiger partial charge in [-0.25, -0.2) is 14.8 Å². The molecule has 0 amide bonds. The minimum absolute atomic E-state index is 0.225. The molecule has 2 aromatic heterocycles. The number of aryl methyl sites for hydroxylation is 1. The highest BCUT2D eigenvalue weighted by Gasteiger charge is 2.04. The lowest BCUT2D eigenvalue weighted by atomic mass is 10.2. The van der Waals surface area contributed by atoms with Crippen molar-refractivity contribution in [2.45, 2.75) is 13.5 Å². The van der Waals surface area contributed by atoms with E-state index >= 15 is 0 Å². The Labute approximate surface area is 102 Å². The fourth-order valence-corrected chi connectivity index (χ4v) is 2.06. The summed E-state index contributed by atoms with van der Waals surface area (Å²) < 4.78 is 0. The molecular formula is C11H11N3O2S. The van der Waals surface area contributed by atoms with Crippen LogP contribution in [0.2, 0.25) is 0 Å². The monoisotopic (exact) mass is 249 g/mol. The Morgan fingerprint density at radius 3 is 3.00 bits per heavy atom. The second-order valence-corrected chi connectivity index (χ2v) is 4.75. The minimum Gasteiger partial charge on any atom is -0.478 e. The lowest BCUT2D eigenvalue weighted by molar-refractivity contribution is 0.0697. The van der Waals surface area contributed by atoms with E-state index in [9.17, 15) is 4.79 Å². The van der Waals surface area contributed by atoms with Crippen LogP contribution in [0.3, 0.4) is 0 Å². The van der Waals surface area contributed by atoms with Gasteiger partial charge >= 0.3 is 5.97 Å². The second kappa shape index (κ2) is 4.92. The predicted molar refractivity (Wildman–Crippen MR) is 65.4 cm³/mol. The number of rotatable bonds is 4. The van der Waals surface area contributed by atoms with E-state index in [2.05, 4.69) is 15.3 Å². The average molecular weight is 249 g/mol. The second-order valence-electron chi connectivity index (χ2n) is 3.43. The molecule has 0 aliphatic heterocycles. The molecule has 88 valence electrons. The van der Waals surface area contributed by atoms with E-state index < -0.39 is 5.97 Å². The first kappa shape index (κ1) is 11.5. The van der Waals surface area contributed by atoms with Crippen LogP contribution in [0.25, 0.3) is 0 Å². The highest BCUT2D eigenvalue weighted by Crippen LogP contribution is 2.14. The molecule has 0 fully saturated rings. The largest absolute Gasteiger partial charge is 0.478 e. The summed E-state index contributed by atoms with van der Waals surface area (Å²) in [6.07, 6.45) is 3.28. The maximum atomic E-state index is 10.8. The fraction of sp³-hybridized carbons (Fsp3) is 0.182. The van der Waals surface area contributed by atoms with Gasteiger partial charge in [0, 0.05) is 17.3 Å². The minimum atomic E-state index is -0.955. The molecule has 0 saturated heterocycles. The number of aromatic carboxylic acids is 1. The zero-order valence-corrected chi connectivity index (χ0v) is 9.99. The van der Waals surface area contributed by atoms with Crippen molar-refractivity contribution in [3.8, 4) is 0 Å². The lowest BCUT2D eigenvalue weighted by Crippen LogP contribution is -2.02. The van der Waals surface area contributed by atoms with Gasteiger partial charge in [-0.05, 0) is 19.1 Å². The van der Waals surface area contributed by atoms with Gasteiger partial charge in [0.2, 0.25) is 0 Å². The Kier molecular flexibility index (Phi) is 3.34. The first-order valence-electron chi connectivity index (χ1n) is 4.99. The third-order valence-electron chi connectivity index (χ3n) is 2.12. The zero-order chi connectivity index (χ0) is 12.3. The van der Waals surface area contributed by atoms with Crippen molar-refractivity contribution in [1.29, 1.82) is 0 Å². The summed E-state index contributed by atoms with van der Waals surface area (Å²) in [4.78, 5) is 20.0. The van der Waals surface area contributed by atoms with E-state index in [1.54, 1.807) is 17.5 Å². The third kappa shape index (κ3) is 3.01. The number of nitrogens with one attached hydrogen (secondary N) is 1. The van der Waals surface area contributed by atoms with Gasteiger partial charge in [0.25, 0.3) is 0 Å². The number of carbonyl (C=O) groups is 1. The predicted octanol–water partition coefficient (Wildman–Crippen LogP) is 2.16. The lowest BCUT2D eigenvalue weighted by Gasteiger charge is -2.03. The van der Waals surface area contributed by atoms with Crippen molar-refractivity contribution in [3.05, 3.63) is 40.0 Å². The van der Waals surface area contributed by atoms with Gasteiger partial charge in [-0.3, -0.25) is 0 Å². The average Bonchev–Trinajstić information content (AvgIpc) is 2.73. The van der Waals surface area contributed by atoms with Crippen molar-refractivity contribution in [2.24, 2.45) is 0 Å². The van der Waals surface area contributed by atoms with E-state index in [1.165, 1.54) is 18.3 Å². The van der Waals surface area contributed by atoms with Crippen LogP contribution in [0.1, 0.15) is 20.2 Å². The molecule has 0 saturated carbocycles. The summed E-state index contributed by atoms with van der Waals surface area (Å²) in [5.74, 6) is -0.403. The molecule has 2 heterocycles. The van der Waals surface area contributed by atoms with Gasteiger partial charge in [-0.15, -0.1) is 11.3 Å². The Balaban J connectivity index is 2.04. The molecule has 0 aromatic carbocycles. The molecule has 0 spiro atoms. The Bertz CT molecular complexity index is 539. The summed E-state index contributed by atoms with van der Waals surface area (Å²) in [5, 5.41) is 12.9. The van der Waals surface area contributed by atoms with Crippen molar-refractivity contribution < 1.29 is 9.90 Å². The number of carboxylic acid groups (broad SMARTS) is 1. The van der Waals surface area contributed by atoms with Crippen molar-refractivity contribution in [1.82, 2.24) is 9.97 Å². The quantitative estimate of drug-likeness (QED) is 0.868. The molecule has 0 bridgehead atoms. The molecule has 0 radical (unpaired) electrons. The topological polar surface area (TPSA) is 75.1 Å². The summed E-state index contributed by atoms with van der Waals surface area (Å²) >= 11 is 1.60. The van der Waals surface area contributed by atoms with Crippen molar-refractivity contribution >= 4 is 23.1 Å². The van der Waals surface area contributed by atoms with Crippen LogP contribution in [-0.4, -0.2) is 21.0 Å². The zero-order valence-electron chi connectivity index (χ0n) is 9.17. The molecule has 0 aliphatic rings. The number of hydrogen-bond acceptors (Lipinski definition) is 5. The Morgan fingerprint density at radius 2 is 2.35 bits per heavy atom. The SMILES string of the molecule is Cc1ncc(CNc2cc(C(=O)O)ccn2)s1. The Hall–Kier alpha value is -1.95. The normalized spacial score (nSPS) is 10.2. The van der Waals surface area contributed by atoms with E-state index in [0.29, 0.717) is 12.4 Å². The number of nitrogens with zero attached hydrogens (tertiary/aromatic N) is 2. The molecule has 17 heavy (non-hydrogen) atoms. The van der Waals surface area contributed by atoms with Crippen molar-refractivity contribution in [3.63, 3.8) is 0 Å². The van der Waals surface area contributed by atoms with E-state index in [-0.39, 0.29) is 5.56 Å². The van der Waals surface area contributed by atoms with Crippen LogP contribution < -0.4 is 5.32 Å². The van der Waals surface area contributed by atoms with Crippen LogP contribution >= 0.6 is 11.3 Å². The Morgan fingerprint density at radius 1 is 1.53 bits per heavy atom. The molecule has 6 heteroatoms. The smallest absolute Gasteiger partial charge is 0.335 e. The van der Waals surface area contributed by atoms with Crippen LogP contribution in [0, 0.1) is 6.92 Å². The van der Waals surface area contributed by atoms with E-state index in [4.69, 9.17) is 5.11 Å². The van der Waals surface area contributed by atoms with Crippen molar-refractivity contribution in [2.75, 3.05) is 5.32 Å². The molecule has 0 atom stereocenters. The summed E-state index contributed by atoms with van der Waals surface area (Å²) in [7, 11) is 0. The van der Waals surface area contributed by atoms with E-state index in [0.717, 1.165) is 9.88 Å². The first-order chi connectivity index (χ1) is 8.15. The van der Waals surface area contributed by atoms with Gasteiger partial charge in [0.15, 0.2) is 0 Å². The van der Waals surface area contributed by atoms with Crippen LogP contribution in [0.5, 0.6) is 0 Å². The highest BCUT2D eigenvalue weighted by molar-refractivity contribution is 7.11. The number of carboxylic acids is 1. The number of hydrogen-bond donors (Lipinski definition) is 2. The van der Waals surface area contributed by atoms with Gasteiger partial charge in [-0.1, -0.05) is 0 Å². The van der Waals surface area contributed by atoms with Gasteiger partial charge < -0.3 is 10.4 Å². The first-order valence-corrected chi connectivity index (χ1v) is 5.81. The van der Waals surface area contributed by atoms with Crippen LogP contribution in [0.15, 0.2) is 24.5 Å². The summed E-state index contributed by atoms with van der Waals surface area (Å²) in [6.45, 7) is 2.54.